The monoisotopic (exact) mass is 487 g/mol. The molecule has 1 fully saturated rings. The van der Waals surface area contributed by atoms with Crippen LogP contribution in [0.4, 0.5) is 10.2 Å². The minimum atomic E-state index is -2.76. The van der Waals surface area contributed by atoms with Crippen LogP contribution in [0.1, 0.15) is 37.4 Å². The van der Waals surface area contributed by atoms with Crippen molar-refractivity contribution in [3.8, 4) is 0 Å². The number of imidazole rings is 1. The highest BCUT2D eigenvalue weighted by Crippen LogP contribution is 2.52. The average Bonchev–Trinajstić information content (AvgIpc) is 3.34. The number of nitrogens with one attached hydrogen (secondary N) is 1. The van der Waals surface area contributed by atoms with E-state index in [1.807, 2.05) is 33.9 Å². The summed E-state index contributed by atoms with van der Waals surface area (Å²) in [6.45, 7) is 9.17. The van der Waals surface area contributed by atoms with E-state index in [-0.39, 0.29) is 27.9 Å². The van der Waals surface area contributed by atoms with E-state index in [0.29, 0.717) is 5.56 Å². The number of amides is 1. The topological polar surface area (TPSA) is 122 Å². The van der Waals surface area contributed by atoms with Crippen LogP contribution >= 0.6 is 0 Å². The molecule has 1 aliphatic rings. The number of halogens is 1. The Balaban J connectivity index is 1.71. The van der Waals surface area contributed by atoms with E-state index >= 15 is 4.39 Å². The Kier molecular flexibility index (Phi) is 6.09. The number of hydrogen-bond donors (Lipinski definition) is 3. The molecule has 3 N–H and O–H groups in total. The second-order valence-corrected chi connectivity index (χ2v) is 15.7. The number of aliphatic hydroxyl groups excluding tert-OH is 1. The molecule has 1 amide bonds. The fourth-order valence-electron chi connectivity index (χ4n) is 4.37. The van der Waals surface area contributed by atoms with Crippen LogP contribution in [0, 0.1) is 0 Å². The molecule has 0 saturated carbocycles. The molecular formula is C23H30FN5O4Si. The van der Waals surface area contributed by atoms with E-state index in [9.17, 15) is 15.0 Å². The van der Waals surface area contributed by atoms with Crippen LogP contribution in [0.15, 0.2) is 43.0 Å². The highest BCUT2D eigenvalue weighted by molar-refractivity contribution is 6.83. The molecule has 4 rings (SSSR count). The summed E-state index contributed by atoms with van der Waals surface area (Å²) < 4.78 is 23.4. The summed E-state index contributed by atoms with van der Waals surface area (Å²) >= 11 is 0. The first kappa shape index (κ1) is 24.4. The van der Waals surface area contributed by atoms with Crippen molar-refractivity contribution in [1.82, 2.24) is 19.5 Å². The van der Waals surface area contributed by atoms with E-state index in [0.717, 1.165) is 0 Å². The molecule has 0 aliphatic carbocycles. The molecule has 3 aromatic rings. The minimum Gasteiger partial charge on any atom is -0.394 e. The number of benzene rings is 1. The van der Waals surface area contributed by atoms with Crippen LogP contribution in [0.5, 0.6) is 0 Å². The molecule has 1 saturated heterocycles. The smallest absolute Gasteiger partial charge is 0.256 e. The zero-order valence-corrected chi connectivity index (χ0v) is 20.9. The van der Waals surface area contributed by atoms with Crippen molar-refractivity contribution in [3.05, 3.63) is 48.5 Å². The van der Waals surface area contributed by atoms with Gasteiger partial charge >= 0.3 is 0 Å². The van der Waals surface area contributed by atoms with Crippen molar-refractivity contribution in [2.75, 3.05) is 11.9 Å². The Morgan fingerprint density at radius 3 is 2.53 bits per heavy atom. The minimum absolute atomic E-state index is 0.171. The first-order valence-corrected chi connectivity index (χ1v) is 14.1. The molecule has 9 nitrogen and oxygen atoms in total. The number of hydrogen-bond acceptors (Lipinski definition) is 7. The Morgan fingerprint density at radius 1 is 1.24 bits per heavy atom. The molecule has 11 heteroatoms. The summed E-state index contributed by atoms with van der Waals surface area (Å²) in [7, 11) is -2.76. The Labute approximate surface area is 198 Å². The normalized spacial score (nSPS) is 25.6. The molecule has 0 radical (unpaired) electrons. The van der Waals surface area contributed by atoms with E-state index < -0.39 is 38.4 Å². The van der Waals surface area contributed by atoms with Crippen LogP contribution in [0.3, 0.4) is 0 Å². The predicted octanol–water partition coefficient (Wildman–Crippen LogP) is 3.09. The summed E-state index contributed by atoms with van der Waals surface area (Å²) in [5, 5.41) is 22.2. The third-order valence-corrected chi connectivity index (χ3v) is 13.8. The van der Waals surface area contributed by atoms with Gasteiger partial charge in [-0.2, -0.15) is 0 Å². The summed E-state index contributed by atoms with van der Waals surface area (Å²) in [6, 6.07) is 8.64. The number of aromatic nitrogens is 4. The van der Waals surface area contributed by atoms with Gasteiger partial charge in [0.25, 0.3) is 5.91 Å². The average molecular weight is 488 g/mol. The molecule has 3 heterocycles. The van der Waals surface area contributed by atoms with Gasteiger partial charge in [0, 0.05) is 5.56 Å². The maximum absolute atomic E-state index is 16.1. The molecule has 0 unspecified atom stereocenters. The summed E-state index contributed by atoms with van der Waals surface area (Å²) in [5.74, 6) is -0.201. The number of aliphatic hydroxyl groups is 2. The lowest BCUT2D eigenvalue weighted by Gasteiger charge is -2.49. The van der Waals surface area contributed by atoms with E-state index in [1.165, 1.54) is 17.2 Å². The van der Waals surface area contributed by atoms with E-state index in [4.69, 9.17) is 4.74 Å². The number of nitrogens with zero attached hydrogens (tertiary/aromatic N) is 4. The van der Waals surface area contributed by atoms with Crippen LogP contribution in [0.25, 0.3) is 11.2 Å². The van der Waals surface area contributed by atoms with Crippen molar-refractivity contribution in [3.63, 3.8) is 0 Å². The second kappa shape index (κ2) is 8.49. The Bertz CT molecular complexity index is 1200. The quantitative estimate of drug-likeness (QED) is 0.473. The van der Waals surface area contributed by atoms with Crippen molar-refractivity contribution in [1.29, 1.82) is 0 Å². The highest BCUT2D eigenvalue weighted by atomic mass is 28.3. The summed E-state index contributed by atoms with van der Waals surface area (Å²) in [4.78, 5) is 25.3. The highest BCUT2D eigenvalue weighted by Gasteiger charge is 2.67. The number of anilines is 1. The van der Waals surface area contributed by atoms with Gasteiger partial charge in [-0.25, -0.2) is 19.3 Å². The van der Waals surface area contributed by atoms with Crippen LogP contribution in [0.2, 0.25) is 18.1 Å². The molecule has 182 valence electrons. The zero-order valence-electron chi connectivity index (χ0n) is 19.9. The fraction of sp³-hybridized carbons (Fsp3) is 0.478. The van der Waals surface area contributed by atoms with Crippen LogP contribution < -0.4 is 5.32 Å². The van der Waals surface area contributed by atoms with E-state index in [2.05, 4.69) is 20.3 Å². The Hall–Kier alpha value is -2.73. The van der Waals surface area contributed by atoms with E-state index in [1.54, 1.807) is 30.3 Å². The number of carbonyl (C=O) groups excluding carboxylic acids is 1. The number of alkyl halides is 1. The number of rotatable bonds is 5. The van der Waals surface area contributed by atoms with Gasteiger partial charge in [-0.1, -0.05) is 52.1 Å². The van der Waals surface area contributed by atoms with Gasteiger partial charge in [-0.05, 0) is 17.2 Å². The Morgan fingerprint density at radius 2 is 1.91 bits per heavy atom. The standard InChI is InChI=1S/C23H30FN5O4Si/c1-22(2,3)34(4,5)23(32)15(11-30)33-21(17(23)24)29-13-27-16-18(25-12-26-19(16)29)28-20(31)14-9-7-6-8-10-14/h6-10,12-13,15,17,21,30,32H,11H2,1-5H3,(H,25,26,28,31)/t15-,17+,21-,23+/m1/s1. The van der Waals surface area contributed by atoms with Gasteiger partial charge < -0.3 is 20.3 Å². The third kappa shape index (κ3) is 3.63. The molecule has 0 spiro atoms. The summed E-state index contributed by atoms with van der Waals surface area (Å²) in [6.07, 6.45) is -1.60. The molecule has 0 bridgehead atoms. The predicted molar refractivity (Wildman–Crippen MR) is 128 cm³/mol. The first-order chi connectivity index (χ1) is 15.9. The SMILES string of the molecule is CC(C)(C)[Si](C)(C)[C@@]1(O)[C@@H](CO)O[C@@H](n2cnc3c(NC(=O)c4ccccc4)ncnc32)[C@@H]1F. The molecule has 1 aliphatic heterocycles. The third-order valence-electron chi connectivity index (χ3n) is 7.41. The van der Waals surface area contributed by atoms with Gasteiger partial charge in [0.1, 0.15) is 17.7 Å². The lowest BCUT2D eigenvalue weighted by Crippen LogP contribution is -2.68. The lowest BCUT2D eigenvalue weighted by atomic mass is 10.1. The first-order valence-electron chi connectivity index (χ1n) is 11.1. The summed E-state index contributed by atoms with van der Waals surface area (Å²) in [5.41, 5.74) is 0.940. The second-order valence-electron chi connectivity index (χ2n) is 10.2. The molecule has 34 heavy (non-hydrogen) atoms. The fourth-order valence-corrected chi connectivity index (χ4v) is 7.37. The zero-order chi connectivity index (χ0) is 24.9. The van der Waals surface area contributed by atoms with Gasteiger partial charge in [0.15, 0.2) is 29.4 Å². The number of carbonyl (C=O) groups is 1. The lowest BCUT2D eigenvalue weighted by molar-refractivity contribution is -0.0576. The van der Waals surface area contributed by atoms with Crippen molar-refractivity contribution >= 4 is 31.0 Å². The van der Waals surface area contributed by atoms with Crippen LogP contribution in [-0.4, -0.2) is 67.8 Å². The van der Waals surface area contributed by atoms with Crippen molar-refractivity contribution in [2.45, 2.75) is 62.6 Å². The molecule has 1 aromatic carbocycles. The van der Waals surface area contributed by atoms with Crippen molar-refractivity contribution in [2.24, 2.45) is 0 Å². The van der Waals surface area contributed by atoms with Gasteiger partial charge in [0.2, 0.25) is 0 Å². The number of ether oxygens (including phenoxy) is 1. The molecular weight excluding hydrogens is 457 g/mol. The maximum atomic E-state index is 16.1. The number of fused-ring (bicyclic) bond motifs is 1. The van der Waals surface area contributed by atoms with Crippen molar-refractivity contribution < 1.29 is 24.1 Å². The van der Waals surface area contributed by atoms with Crippen LogP contribution in [-0.2, 0) is 4.74 Å². The van der Waals surface area contributed by atoms with Gasteiger partial charge in [-0.15, -0.1) is 0 Å². The maximum Gasteiger partial charge on any atom is 0.256 e. The van der Waals surface area contributed by atoms with Gasteiger partial charge in [0.05, 0.1) is 21.0 Å². The largest absolute Gasteiger partial charge is 0.394 e. The van der Waals surface area contributed by atoms with Gasteiger partial charge in [-0.3, -0.25) is 9.36 Å². The molecule has 4 atom stereocenters. The molecule has 2 aromatic heterocycles.